The lowest BCUT2D eigenvalue weighted by Crippen LogP contribution is -2.22. The number of nitrogens with zero attached hydrogens (tertiary/aromatic N) is 2. The molecular weight excluding hydrogens is 544 g/mol. The molecule has 1 amide bonds. The molecule has 2 N–H and O–H groups in total. The Balaban J connectivity index is 1.30. The first-order valence-electron chi connectivity index (χ1n) is 13.2. The number of amides is 1. The Morgan fingerprint density at radius 1 is 1.02 bits per heavy atom. The predicted molar refractivity (Wildman–Crippen MR) is 148 cm³/mol. The van der Waals surface area contributed by atoms with E-state index in [1.54, 1.807) is 25.1 Å². The first-order valence-corrected chi connectivity index (χ1v) is 13.2. The fourth-order valence-corrected chi connectivity index (χ4v) is 4.84. The smallest absolute Gasteiger partial charge is 0.465 e. The Hall–Kier alpha value is -5.36. The maximum atomic E-state index is 13.2. The number of benzene rings is 3. The van der Waals surface area contributed by atoms with Crippen molar-refractivity contribution in [1.82, 2.24) is 20.3 Å². The minimum Gasteiger partial charge on any atom is -0.465 e. The third kappa shape index (κ3) is 5.22. The summed E-state index contributed by atoms with van der Waals surface area (Å²) in [6, 6.07) is 21.2. The third-order valence-corrected chi connectivity index (χ3v) is 6.80. The van der Waals surface area contributed by atoms with Gasteiger partial charge in [0.1, 0.15) is 6.17 Å². The fourth-order valence-electron chi connectivity index (χ4n) is 4.84. The summed E-state index contributed by atoms with van der Waals surface area (Å²) in [6.45, 7) is 3.90. The lowest BCUT2D eigenvalue weighted by atomic mass is 9.97. The average molecular weight is 571 g/mol. The molecule has 6 rings (SSSR count). The number of carbonyl (C=O) groups excluding carboxylic acids is 2. The molecule has 12 nitrogen and oxygen atoms in total. The number of fused-ring (bicyclic) bond motifs is 1. The number of hydrogen-bond acceptors (Lipinski definition) is 10. The van der Waals surface area contributed by atoms with Crippen LogP contribution in [0.2, 0.25) is 0 Å². The van der Waals surface area contributed by atoms with Crippen LogP contribution in [0.5, 0.6) is 6.01 Å². The largest absolute Gasteiger partial charge is 0.519 e. The van der Waals surface area contributed by atoms with Crippen LogP contribution >= 0.6 is 0 Å². The van der Waals surface area contributed by atoms with Crippen molar-refractivity contribution < 1.29 is 32.7 Å². The van der Waals surface area contributed by atoms with Gasteiger partial charge in [-0.15, -0.1) is 5.48 Å². The number of para-hydroxylation sites is 1. The molecule has 3 heterocycles. The topological polar surface area (TPSA) is 147 Å². The molecule has 214 valence electrons. The van der Waals surface area contributed by atoms with E-state index in [4.69, 9.17) is 23.1 Å². The molecule has 5 aromatic rings. The molecule has 42 heavy (non-hydrogen) atoms. The van der Waals surface area contributed by atoms with Gasteiger partial charge >= 0.3 is 17.9 Å². The number of esters is 1. The second kappa shape index (κ2) is 11.3. The Morgan fingerprint density at radius 3 is 2.55 bits per heavy atom. The van der Waals surface area contributed by atoms with Gasteiger partial charge in [0.05, 0.1) is 29.7 Å². The highest BCUT2D eigenvalue weighted by Crippen LogP contribution is 2.31. The van der Waals surface area contributed by atoms with Crippen LogP contribution < -0.4 is 21.4 Å². The quantitative estimate of drug-likeness (QED) is 0.241. The number of aromatic nitrogens is 2. The fraction of sp³-hybridized carbons (Fsp3) is 0.200. The number of carbonyl (C=O) groups is 2. The van der Waals surface area contributed by atoms with E-state index in [2.05, 4.69) is 15.8 Å². The molecule has 0 saturated carbocycles. The van der Waals surface area contributed by atoms with E-state index >= 15 is 0 Å². The van der Waals surface area contributed by atoms with Crippen LogP contribution in [0.1, 0.15) is 46.1 Å². The summed E-state index contributed by atoms with van der Waals surface area (Å²) in [6.07, 6.45) is -1.000. The molecule has 0 bridgehead atoms. The van der Waals surface area contributed by atoms with E-state index in [0.717, 1.165) is 22.3 Å². The monoisotopic (exact) mass is 570 g/mol. The van der Waals surface area contributed by atoms with Crippen LogP contribution in [-0.2, 0) is 22.7 Å². The highest BCUT2D eigenvalue weighted by atomic mass is 16.7. The SMILES string of the molecule is CCOc1nc2cccc(C(=O)OCc3oc(=O)oc3C)c2n1Cc1ccc(-c2ccccc2C2NOC(=O)N2)cc1. The van der Waals surface area contributed by atoms with Gasteiger partial charge in [0.25, 0.3) is 6.01 Å². The Kier molecular flexibility index (Phi) is 7.19. The van der Waals surface area contributed by atoms with Gasteiger partial charge in [-0.05, 0) is 48.2 Å². The van der Waals surface area contributed by atoms with Crippen molar-refractivity contribution in [3.63, 3.8) is 0 Å². The van der Waals surface area contributed by atoms with Crippen molar-refractivity contribution in [1.29, 1.82) is 0 Å². The van der Waals surface area contributed by atoms with E-state index < -0.39 is 24.1 Å². The zero-order valence-corrected chi connectivity index (χ0v) is 22.7. The van der Waals surface area contributed by atoms with Gasteiger partial charge in [0.2, 0.25) is 0 Å². The average Bonchev–Trinajstić information content (AvgIpc) is 3.68. The summed E-state index contributed by atoms with van der Waals surface area (Å²) >= 11 is 0. The molecular formula is C30H26N4O8. The van der Waals surface area contributed by atoms with Gasteiger partial charge in [-0.1, -0.05) is 54.6 Å². The van der Waals surface area contributed by atoms with Crippen molar-refractivity contribution in [2.75, 3.05) is 6.61 Å². The van der Waals surface area contributed by atoms with Crippen LogP contribution in [0.25, 0.3) is 22.2 Å². The predicted octanol–water partition coefficient (Wildman–Crippen LogP) is 4.60. The van der Waals surface area contributed by atoms with Crippen LogP contribution in [0.3, 0.4) is 0 Å². The van der Waals surface area contributed by atoms with Crippen molar-refractivity contribution >= 4 is 23.1 Å². The first kappa shape index (κ1) is 26.8. The molecule has 2 aromatic heterocycles. The van der Waals surface area contributed by atoms with Crippen molar-refractivity contribution in [3.8, 4) is 17.1 Å². The highest BCUT2D eigenvalue weighted by Gasteiger charge is 2.26. The molecule has 1 aliphatic heterocycles. The van der Waals surface area contributed by atoms with Crippen LogP contribution in [0.4, 0.5) is 4.79 Å². The molecule has 0 spiro atoms. The van der Waals surface area contributed by atoms with Gasteiger partial charge in [0.15, 0.2) is 18.1 Å². The van der Waals surface area contributed by atoms with Gasteiger partial charge in [-0.2, -0.15) is 4.98 Å². The number of imidazole rings is 1. The minimum atomic E-state index is -0.856. The number of hydrogen-bond donors (Lipinski definition) is 2. The number of ether oxygens (including phenoxy) is 2. The Morgan fingerprint density at radius 2 is 1.83 bits per heavy atom. The summed E-state index contributed by atoms with van der Waals surface area (Å²) in [5.41, 5.74) is 7.78. The first-order chi connectivity index (χ1) is 20.4. The second-order valence-electron chi connectivity index (χ2n) is 9.47. The third-order valence-electron chi connectivity index (χ3n) is 6.80. The molecule has 12 heteroatoms. The Bertz CT molecular complexity index is 1840. The van der Waals surface area contributed by atoms with Crippen LogP contribution in [0.15, 0.2) is 80.4 Å². The highest BCUT2D eigenvalue weighted by molar-refractivity contribution is 6.02. The number of aryl methyl sites for hydroxylation is 1. The standard InChI is InChI=1S/C30H26N4O8/c1-3-38-28-31-23-10-6-9-22(27(35)39-16-24-17(2)40-30(37)41-24)25(23)34(28)15-18-11-13-19(14-12-18)20-7-4-5-8-21(20)26-32-29(36)42-33-26/h4-14,26,33H,3,15-16H2,1-2H3,(H,32,36). The Labute approximate surface area is 238 Å². The summed E-state index contributed by atoms with van der Waals surface area (Å²) in [7, 11) is 0. The van der Waals surface area contributed by atoms with E-state index in [0.29, 0.717) is 30.2 Å². The molecule has 0 aliphatic carbocycles. The number of rotatable bonds is 9. The van der Waals surface area contributed by atoms with Crippen molar-refractivity contribution in [3.05, 3.63) is 106 Å². The molecule has 3 aromatic carbocycles. The van der Waals surface area contributed by atoms with Gasteiger partial charge < -0.3 is 23.1 Å². The molecule has 1 aliphatic rings. The van der Waals surface area contributed by atoms with Gasteiger partial charge in [-0.3, -0.25) is 9.88 Å². The lowest BCUT2D eigenvalue weighted by molar-refractivity contribution is 0.0444. The normalized spacial score (nSPS) is 14.5. The number of hydroxylamine groups is 1. The summed E-state index contributed by atoms with van der Waals surface area (Å²) in [4.78, 5) is 45.6. The molecule has 1 saturated heterocycles. The maximum Gasteiger partial charge on any atom is 0.519 e. The van der Waals surface area contributed by atoms with E-state index in [-0.39, 0.29) is 23.7 Å². The van der Waals surface area contributed by atoms with Crippen molar-refractivity contribution in [2.24, 2.45) is 0 Å². The second-order valence-corrected chi connectivity index (χ2v) is 9.47. The molecule has 0 radical (unpaired) electrons. The van der Waals surface area contributed by atoms with Crippen LogP contribution in [0, 0.1) is 6.92 Å². The summed E-state index contributed by atoms with van der Waals surface area (Å²) < 4.78 is 22.9. The summed E-state index contributed by atoms with van der Waals surface area (Å²) in [5.74, 6) is -1.08. The van der Waals surface area contributed by atoms with Crippen LogP contribution in [-0.4, -0.2) is 28.2 Å². The van der Waals surface area contributed by atoms with Gasteiger partial charge in [0, 0.05) is 0 Å². The maximum absolute atomic E-state index is 13.2. The minimum absolute atomic E-state index is 0.143. The van der Waals surface area contributed by atoms with E-state index in [9.17, 15) is 14.4 Å². The lowest BCUT2D eigenvalue weighted by Gasteiger charge is -2.15. The zero-order valence-electron chi connectivity index (χ0n) is 22.7. The van der Waals surface area contributed by atoms with E-state index in [1.807, 2.05) is 60.0 Å². The van der Waals surface area contributed by atoms with E-state index in [1.165, 1.54) is 0 Å². The molecule has 1 fully saturated rings. The number of nitrogens with one attached hydrogen (secondary N) is 2. The summed E-state index contributed by atoms with van der Waals surface area (Å²) in [5, 5.41) is 2.74. The zero-order chi connectivity index (χ0) is 29.2. The molecule has 1 unspecified atom stereocenters. The van der Waals surface area contributed by atoms with Crippen molar-refractivity contribution in [2.45, 2.75) is 33.2 Å². The van der Waals surface area contributed by atoms with Gasteiger partial charge in [-0.25, -0.2) is 14.4 Å². The molecule has 1 atom stereocenters.